The molecule has 0 aliphatic carbocycles. The number of alkyl halides is 3. The molecular weight excluding hydrogens is 445 g/mol. The van der Waals surface area contributed by atoms with Gasteiger partial charge in [0.05, 0.1) is 18.4 Å². The highest BCUT2D eigenvalue weighted by molar-refractivity contribution is 7.07. The molecule has 0 spiro atoms. The van der Waals surface area contributed by atoms with E-state index in [4.69, 9.17) is 9.47 Å². The molecule has 2 aromatic carbocycles. The molecule has 6 nitrogen and oxygen atoms in total. The Morgan fingerprint density at radius 2 is 1.91 bits per heavy atom. The van der Waals surface area contributed by atoms with Gasteiger partial charge in [0.25, 0.3) is 0 Å². The minimum atomic E-state index is -4.58. The van der Waals surface area contributed by atoms with Gasteiger partial charge in [-0.25, -0.2) is 0 Å². The van der Waals surface area contributed by atoms with E-state index in [1.54, 1.807) is 41.1 Å². The van der Waals surface area contributed by atoms with E-state index in [9.17, 15) is 22.8 Å². The number of rotatable bonds is 8. The molecule has 0 bridgehead atoms. The van der Waals surface area contributed by atoms with Crippen molar-refractivity contribution in [1.82, 2.24) is 4.57 Å². The fraction of sp³-hybridized carbons (Fsp3) is 0.273. The molecule has 0 saturated heterocycles. The number of amides is 1. The summed E-state index contributed by atoms with van der Waals surface area (Å²) in [6.07, 6.45) is -4.20. The number of thiazole rings is 1. The van der Waals surface area contributed by atoms with Gasteiger partial charge in [-0.1, -0.05) is 17.4 Å². The lowest BCUT2D eigenvalue weighted by Gasteiger charge is -2.15. The molecule has 3 aromatic rings. The van der Waals surface area contributed by atoms with Crippen LogP contribution in [0.25, 0.3) is 0 Å². The summed E-state index contributed by atoms with van der Waals surface area (Å²) in [4.78, 5) is 24.1. The summed E-state index contributed by atoms with van der Waals surface area (Å²) >= 11 is 1.08. The number of halogens is 3. The van der Waals surface area contributed by atoms with E-state index in [0.717, 1.165) is 35.2 Å². The Bertz CT molecular complexity index is 1150. The van der Waals surface area contributed by atoms with E-state index in [1.807, 2.05) is 0 Å². The molecule has 0 aliphatic rings. The van der Waals surface area contributed by atoms with Crippen LogP contribution in [0.3, 0.4) is 0 Å². The van der Waals surface area contributed by atoms with Crippen LogP contribution in [0.4, 0.5) is 18.9 Å². The molecule has 170 valence electrons. The second-order valence-electron chi connectivity index (χ2n) is 6.94. The second kappa shape index (κ2) is 9.90. The van der Waals surface area contributed by atoms with E-state index in [2.05, 4.69) is 5.32 Å². The molecule has 10 heteroatoms. The molecule has 0 fully saturated rings. The fourth-order valence-corrected chi connectivity index (χ4v) is 3.73. The summed E-state index contributed by atoms with van der Waals surface area (Å²) in [5.41, 5.74) is -0.213. The lowest BCUT2D eigenvalue weighted by Crippen LogP contribution is -2.18. The third-order valence-corrected chi connectivity index (χ3v) is 5.49. The Kier molecular flexibility index (Phi) is 7.24. The quantitative estimate of drug-likeness (QED) is 0.479. The largest absolute Gasteiger partial charge is 0.497 e. The van der Waals surface area contributed by atoms with Crippen molar-refractivity contribution in [1.29, 1.82) is 0 Å². The van der Waals surface area contributed by atoms with Gasteiger partial charge in [-0.3, -0.25) is 9.59 Å². The van der Waals surface area contributed by atoms with Crippen LogP contribution >= 0.6 is 11.3 Å². The lowest BCUT2D eigenvalue weighted by molar-refractivity contribution is -0.137. The molecule has 3 rings (SSSR count). The monoisotopic (exact) mass is 466 g/mol. The van der Waals surface area contributed by atoms with Crippen LogP contribution < -0.4 is 19.7 Å². The summed E-state index contributed by atoms with van der Waals surface area (Å²) in [6.45, 7) is 2.14. The number of anilines is 1. The molecule has 1 N–H and O–H groups in total. The minimum absolute atomic E-state index is 0.0244. The highest BCUT2D eigenvalue weighted by Gasteiger charge is 2.31. The molecule has 1 aromatic heterocycles. The van der Waals surface area contributed by atoms with Gasteiger partial charge in [0.2, 0.25) is 5.91 Å². The van der Waals surface area contributed by atoms with Crippen molar-refractivity contribution in [3.8, 4) is 17.2 Å². The molecule has 0 atom stereocenters. The van der Waals surface area contributed by atoms with Crippen LogP contribution in [0.5, 0.6) is 17.2 Å². The van der Waals surface area contributed by atoms with Crippen LogP contribution in [0.2, 0.25) is 0 Å². The number of nitrogens with one attached hydrogen (secondary N) is 1. The lowest BCUT2D eigenvalue weighted by atomic mass is 10.1. The van der Waals surface area contributed by atoms with Gasteiger partial charge < -0.3 is 19.4 Å². The maximum absolute atomic E-state index is 13.2. The normalized spacial score (nSPS) is 11.3. The summed E-state index contributed by atoms with van der Waals surface area (Å²) < 4.78 is 52.0. The number of methoxy groups -OCH3 is 1. The molecule has 1 amide bonds. The minimum Gasteiger partial charge on any atom is -0.497 e. The maximum Gasteiger partial charge on any atom is 0.416 e. The smallest absolute Gasteiger partial charge is 0.416 e. The van der Waals surface area contributed by atoms with Gasteiger partial charge in [-0.15, -0.1) is 0 Å². The Labute approximate surface area is 186 Å². The molecule has 1 heterocycles. The average Bonchev–Trinajstić information content (AvgIpc) is 3.06. The standard InChI is InChI=1S/C22H21F3N2O4S/c1-14-13-32-21(29)27(14)10-4-7-20(28)26-18-11-15(22(23,24)25)8-9-19(18)31-17-6-3-5-16(12-17)30-2/h3,5-6,8-9,11-13H,4,7,10H2,1-2H3,(H,26,28). The van der Waals surface area contributed by atoms with Crippen molar-refractivity contribution in [2.75, 3.05) is 12.4 Å². The van der Waals surface area contributed by atoms with Crippen molar-refractivity contribution < 1.29 is 27.4 Å². The van der Waals surface area contributed by atoms with Crippen LogP contribution in [0.15, 0.2) is 52.6 Å². The van der Waals surface area contributed by atoms with Crippen molar-refractivity contribution in [2.24, 2.45) is 0 Å². The van der Waals surface area contributed by atoms with E-state index in [1.165, 1.54) is 7.11 Å². The number of benzene rings is 2. The van der Waals surface area contributed by atoms with Crippen LogP contribution in [-0.4, -0.2) is 17.6 Å². The van der Waals surface area contributed by atoms with Crippen LogP contribution in [-0.2, 0) is 17.5 Å². The van der Waals surface area contributed by atoms with Gasteiger partial charge in [-0.05, 0) is 43.7 Å². The fourth-order valence-electron chi connectivity index (χ4n) is 2.97. The van der Waals surface area contributed by atoms with Gasteiger partial charge >= 0.3 is 11.0 Å². The summed E-state index contributed by atoms with van der Waals surface area (Å²) in [7, 11) is 1.48. The molecule has 0 saturated carbocycles. The van der Waals surface area contributed by atoms with E-state index < -0.39 is 17.6 Å². The Hall–Kier alpha value is -3.27. The molecule has 0 radical (unpaired) electrons. The number of carbonyl (C=O) groups is 1. The summed E-state index contributed by atoms with van der Waals surface area (Å²) in [5, 5.41) is 4.23. The third-order valence-electron chi connectivity index (χ3n) is 4.61. The number of hydrogen-bond donors (Lipinski definition) is 1. The number of ether oxygens (including phenoxy) is 2. The Balaban J connectivity index is 1.76. The van der Waals surface area contributed by atoms with Gasteiger partial charge in [-0.2, -0.15) is 13.2 Å². The van der Waals surface area contributed by atoms with Gasteiger partial charge in [0.15, 0.2) is 5.75 Å². The summed E-state index contributed by atoms with van der Waals surface area (Å²) in [5.74, 6) is 0.427. The van der Waals surface area contributed by atoms with Crippen molar-refractivity contribution in [3.63, 3.8) is 0 Å². The van der Waals surface area contributed by atoms with Crippen molar-refractivity contribution in [3.05, 3.63) is 68.8 Å². The maximum atomic E-state index is 13.2. The topological polar surface area (TPSA) is 69.6 Å². The Morgan fingerprint density at radius 3 is 2.56 bits per heavy atom. The van der Waals surface area contributed by atoms with Gasteiger partial charge in [0.1, 0.15) is 11.5 Å². The predicted octanol–water partition coefficient (Wildman–Crippen LogP) is 5.46. The van der Waals surface area contributed by atoms with Crippen LogP contribution in [0.1, 0.15) is 24.1 Å². The average molecular weight is 466 g/mol. The highest BCUT2D eigenvalue weighted by Crippen LogP contribution is 2.37. The first kappa shape index (κ1) is 23.4. The van der Waals surface area contributed by atoms with Gasteiger partial charge in [0, 0.05) is 30.1 Å². The number of aryl methyl sites for hydroxylation is 1. The Morgan fingerprint density at radius 1 is 1.16 bits per heavy atom. The second-order valence-corrected chi connectivity index (χ2v) is 7.76. The van der Waals surface area contributed by atoms with Crippen molar-refractivity contribution >= 4 is 22.9 Å². The molecule has 0 aliphatic heterocycles. The number of hydrogen-bond acceptors (Lipinski definition) is 5. The highest BCUT2D eigenvalue weighted by atomic mass is 32.1. The van der Waals surface area contributed by atoms with E-state index >= 15 is 0 Å². The SMILES string of the molecule is COc1cccc(Oc2ccc(C(F)(F)F)cc2NC(=O)CCCn2c(C)csc2=O)c1. The zero-order valence-corrected chi connectivity index (χ0v) is 18.2. The summed E-state index contributed by atoms with van der Waals surface area (Å²) in [6, 6.07) is 9.44. The predicted molar refractivity (Wildman–Crippen MR) is 116 cm³/mol. The first-order valence-electron chi connectivity index (χ1n) is 9.65. The number of aromatic nitrogens is 1. The first-order valence-corrected chi connectivity index (χ1v) is 10.5. The van der Waals surface area contributed by atoms with E-state index in [0.29, 0.717) is 24.5 Å². The number of nitrogens with zero attached hydrogens (tertiary/aromatic N) is 1. The first-order chi connectivity index (χ1) is 15.2. The van der Waals surface area contributed by atoms with Crippen LogP contribution in [0, 0.1) is 6.92 Å². The zero-order chi connectivity index (χ0) is 23.3. The van der Waals surface area contributed by atoms with E-state index in [-0.39, 0.29) is 22.7 Å². The third kappa shape index (κ3) is 5.91. The zero-order valence-electron chi connectivity index (χ0n) is 17.4. The van der Waals surface area contributed by atoms with Crippen molar-refractivity contribution in [2.45, 2.75) is 32.5 Å². The molecule has 32 heavy (non-hydrogen) atoms. The molecule has 0 unspecified atom stereocenters. The number of carbonyl (C=O) groups excluding carboxylic acids is 1. The molecular formula is C22H21F3N2O4S.